The maximum Gasteiger partial charge on any atom is 0.0713 e. The van der Waals surface area contributed by atoms with Crippen LogP contribution < -0.4 is 5.32 Å². The Kier molecular flexibility index (Phi) is 5.41. The van der Waals surface area contributed by atoms with Crippen LogP contribution in [0.15, 0.2) is 158 Å². The summed E-state index contributed by atoms with van der Waals surface area (Å²) in [4.78, 5) is 0. The van der Waals surface area contributed by atoms with Gasteiger partial charge in [-0.25, -0.2) is 0 Å². The zero-order valence-electron chi connectivity index (χ0n) is 21.0. The van der Waals surface area contributed by atoms with Crippen molar-refractivity contribution in [1.82, 2.24) is 0 Å². The zero-order valence-corrected chi connectivity index (χ0v) is 21.0. The van der Waals surface area contributed by atoms with Gasteiger partial charge in [0.05, 0.1) is 5.41 Å². The Morgan fingerprint density at radius 2 is 0.842 bits per heavy atom. The molecule has 180 valence electrons. The van der Waals surface area contributed by atoms with E-state index < -0.39 is 0 Å². The minimum absolute atomic E-state index is 0.366. The first-order chi connectivity index (χ1) is 18.9. The van der Waals surface area contributed by atoms with Crippen LogP contribution in [0.3, 0.4) is 0 Å². The average molecular weight is 486 g/mol. The first kappa shape index (κ1) is 22.3. The Balaban J connectivity index is 1.39. The van der Waals surface area contributed by atoms with Gasteiger partial charge in [0, 0.05) is 16.9 Å². The monoisotopic (exact) mass is 485 g/mol. The third-order valence-electron chi connectivity index (χ3n) is 7.77. The van der Waals surface area contributed by atoms with Crippen LogP contribution in [0, 0.1) is 0 Å². The van der Waals surface area contributed by atoms with Crippen LogP contribution in [0.4, 0.5) is 11.4 Å². The van der Waals surface area contributed by atoms with E-state index in [2.05, 4.69) is 157 Å². The molecule has 0 saturated heterocycles. The average Bonchev–Trinajstić information content (AvgIpc) is 3.30. The van der Waals surface area contributed by atoms with Gasteiger partial charge in [-0.15, -0.1) is 0 Å². The quantitative estimate of drug-likeness (QED) is 0.256. The standard InChI is InChI=1S/C37H27N/c1-3-13-28(14-4-1)37(34-20-10-7-18-32(34)33-19-8-11-21-35(33)37)29-25-23-27(24-26-29)31-17-9-12-22-36(31)38-30-15-5-2-6-16-30/h1-26,38H. The molecule has 38 heavy (non-hydrogen) atoms. The molecule has 1 N–H and O–H groups in total. The third-order valence-corrected chi connectivity index (χ3v) is 7.77. The summed E-state index contributed by atoms with van der Waals surface area (Å²) in [5, 5.41) is 3.60. The molecule has 0 aromatic heterocycles. The lowest BCUT2D eigenvalue weighted by Crippen LogP contribution is -2.28. The van der Waals surface area contributed by atoms with Crippen molar-refractivity contribution in [3.05, 3.63) is 180 Å². The van der Waals surface area contributed by atoms with Crippen molar-refractivity contribution in [1.29, 1.82) is 0 Å². The summed E-state index contributed by atoms with van der Waals surface area (Å²) in [6.07, 6.45) is 0. The summed E-state index contributed by atoms with van der Waals surface area (Å²) in [5.74, 6) is 0. The maximum absolute atomic E-state index is 3.60. The molecule has 6 aromatic rings. The molecule has 0 spiro atoms. The van der Waals surface area contributed by atoms with Gasteiger partial charge < -0.3 is 5.32 Å². The van der Waals surface area contributed by atoms with Crippen molar-refractivity contribution in [3.8, 4) is 22.3 Å². The van der Waals surface area contributed by atoms with E-state index >= 15 is 0 Å². The fourth-order valence-electron chi connectivity index (χ4n) is 6.13. The van der Waals surface area contributed by atoms with Gasteiger partial charge in [-0.2, -0.15) is 0 Å². The van der Waals surface area contributed by atoms with Gasteiger partial charge in [0.2, 0.25) is 0 Å². The van der Waals surface area contributed by atoms with Gasteiger partial charge in [-0.1, -0.05) is 140 Å². The van der Waals surface area contributed by atoms with Crippen molar-refractivity contribution in [3.63, 3.8) is 0 Å². The molecule has 0 aliphatic heterocycles. The highest BCUT2D eigenvalue weighted by Gasteiger charge is 2.45. The number of hydrogen-bond acceptors (Lipinski definition) is 1. The number of benzene rings is 6. The number of anilines is 2. The lowest BCUT2D eigenvalue weighted by Gasteiger charge is -2.34. The first-order valence-electron chi connectivity index (χ1n) is 13.1. The molecule has 0 fully saturated rings. The molecule has 0 saturated carbocycles. The number of fused-ring (bicyclic) bond motifs is 3. The third kappa shape index (κ3) is 3.48. The molecule has 0 unspecified atom stereocenters. The maximum atomic E-state index is 3.60. The summed E-state index contributed by atoms with van der Waals surface area (Å²) in [6.45, 7) is 0. The number of rotatable bonds is 5. The van der Waals surface area contributed by atoms with Gasteiger partial charge in [0.25, 0.3) is 0 Å². The summed E-state index contributed by atoms with van der Waals surface area (Å²) >= 11 is 0. The molecule has 1 nitrogen and oxygen atoms in total. The summed E-state index contributed by atoms with van der Waals surface area (Å²) < 4.78 is 0. The smallest absolute Gasteiger partial charge is 0.0713 e. The van der Waals surface area contributed by atoms with E-state index in [1.807, 2.05) is 6.07 Å². The second kappa shape index (κ2) is 9.21. The molecule has 0 amide bonds. The molecule has 0 bridgehead atoms. The van der Waals surface area contributed by atoms with Crippen molar-refractivity contribution in [2.75, 3.05) is 5.32 Å². The topological polar surface area (TPSA) is 12.0 Å². The number of hydrogen-bond donors (Lipinski definition) is 1. The van der Waals surface area contributed by atoms with Crippen LogP contribution in [-0.4, -0.2) is 0 Å². The molecule has 1 aliphatic carbocycles. The molecular formula is C37H27N. The number of nitrogens with one attached hydrogen (secondary N) is 1. The Morgan fingerprint density at radius 1 is 0.368 bits per heavy atom. The Bertz CT molecular complexity index is 1670. The Morgan fingerprint density at radius 3 is 1.47 bits per heavy atom. The van der Waals surface area contributed by atoms with Gasteiger partial charge in [-0.3, -0.25) is 0 Å². The van der Waals surface area contributed by atoms with Crippen molar-refractivity contribution in [2.45, 2.75) is 5.41 Å². The molecule has 0 heterocycles. The molecule has 0 radical (unpaired) electrons. The van der Waals surface area contributed by atoms with E-state index in [1.165, 1.54) is 44.5 Å². The van der Waals surface area contributed by atoms with Gasteiger partial charge >= 0.3 is 0 Å². The lowest BCUT2D eigenvalue weighted by molar-refractivity contribution is 0.768. The van der Waals surface area contributed by atoms with E-state index in [0.717, 1.165) is 11.4 Å². The highest BCUT2D eigenvalue weighted by atomic mass is 14.9. The summed E-state index contributed by atoms with van der Waals surface area (Å²) in [7, 11) is 0. The highest BCUT2D eigenvalue weighted by Crippen LogP contribution is 2.56. The largest absolute Gasteiger partial charge is 0.355 e. The predicted molar refractivity (Wildman–Crippen MR) is 159 cm³/mol. The second-order valence-electron chi connectivity index (χ2n) is 9.82. The van der Waals surface area contributed by atoms with Crippen LogP contribution >= 0.6 is 0 Å². The van der Waals surface area contributed by atoms with Crippen molar-refractivity contribution < 1.29 is 0 Å². The van der Waals surface area contributed by atoms with Gasteiger partial charge in [0.1, 0.15) is 0 Å². The number of para-hydroxylation sites is 2. The van der Waals surface area contributed by atoms with Gasteiger partial charge in [-0.05, 0) is 57.1 Å². The van der Waals surface area contributed by atoms with E-state index in [1.54, 1.807) is 0 Å². The van der Waals surface area contributed by atoms with Crippen LogP contribution in [0.2, 0.25) is 0 Å². The second-order valence-corrected chi connectivity index (χ2v) is 9.82. The molecular weight excluding hydrogens is 458 g/mol. The van der Waals surface area contributed by atoms with Crippen LogP contribution in [-0.2, 0) is 5.41 Å². The SMILES string of the molecule is c1ccc(Nc2ccccc2-c2ccc(C3(c4ccccc4)c4ccccc4-c4ccccc43)cc2)cc1. The van der Waals surface area contributed by atoms with Crippen LogP contribution in [0.25, 0.3) is 22.3 Å². The first-order valence-corrected chi connectivity index (χ1v) is 13.1. The normalized spacial score (nSPS) is 12.9. The molecule has 6 aromatic carbocycles. The zero-order chi connectivity index (χ0) is 25.4. The lowest BCUT2D eigenvalue weighted by atomic mass is 9.67. The van der Waals surface area contributed by atoms with E-state index in [9.17, 15) is 0 Å². The Labute approximate surface area is 224 Å². The molecule has 1 aliphatic rings. The fourth-order valence-corrected chi connectivity index (χ4v) is 6.13. The van der Waals surface area contributed by atoms with E-state index in [0.29, 0.717) is 0 Å². The highest BCUT2D eigenvalue weighted by molar-refractivity contribution is 5.87. The summed E-state index contributed by atoms with van der Waals surface area (Å²) in [5.41, 5.74) is 12.1. The summed E-state index contributed by atoms with van der Waals surface area (Å²) in [6, 6.07) is 56.8. The van der Waals surface area contributed by atoms with Crippen LogP contribution in [0.5, 0.6) is 0 Å². The van der Waals surface area contributed by atoms with Crippen molar-refractivity contribution in [2.24, 2.45) is 0 Å². The minimum atomic E-state index is -0.366. The van der Waals surface area contributed by atoms with Gasteiger partial charge in [0.15, 0.2) is 0 Å². The minimum Gasteiger partial charge on any atom is -0.355 e. The van der Waals surface area contributed by atoms with E-state index in [4.69, 9.17) is 0 Å². The van der Waals surface area contributed by atoms with E-state index in [-0.39, 0.29) is 5.41 Å². The predicted octanol–water partition coefficient (Wildman–Crippen LogP) is 9.46. The van der Waals surface area contributed by atoms with Crippen LogP contribution in [0.1, 0.15) is 22.3 Å². The molecule has 1 heteroatoms. The fraction of sp³-hybridized carbons (Fsp3) is 0.0270. The molecule has 7 rings (SSSR count). The Hall–Kier alpha value is -4.88. The molecule has 0 atom stereocenters. The van der Waals surface area contributed by atoms with Crippen molar-refractivity contribution >= 4 is 11.4 Å².